The number of hydrogen-bond donors (Lipinski definition) is 0. The van der Waals surface area contributed by atoms with Crippen LogP contribution in [0.3, 0.4) is 0 Å². The zero-order valence-corrected chi connectivity index (χ0v) is 12.7. The fourth-order valence-electron chi connectivity index (χ4n) is 1.16. The highest BCUT2D eigenvalue weighted by molar-refractivity contribution is 5.64. The first-order chi connectivity index (χ1) is 8.47. The highest BCUT2D eigenvalue weighted by Crippen LogP contribution is 2.13. The second-order valence-electron chi connectivity index (χ2n) is 5.52. The lowest BCUT2D eigenvalue weighted by atomic mass is 10.0. The van der Waals surface area contributed by atoms with Gasteiger partial charge in [0, 0.05) is 6.20 Å². The number of aromatic nitrogens is 1. The zero-order chi connectivity index (χ0) is 14.0. The highest BCUT2D eigenvalue weighted by Gasteiger charge is 1.96. The summed E-state index contributed by atoms with van der Waals surface area (Å²) < 4.78 is 0. The van der Waals surface area contributed by atoms with Crippen molar-refractivity contribution in [3.63, 3.8) is 0 Å². The van der Waals surface area contributed by atoms with Crippen LogP contribution in [0.1, 0.15) is 59.2 Å². The Bertz CT molecular complexity index is 344. The standard InChI is InChI=1S/C10H9N.C5H12.C2H6/c1-2-5-9-6-4-8-11-10(9)7-3-1;1-5(2,3)4;1-2/h2-8H,1H2;1-4H3;1-2H3. The van der Waals surface area contributed by atoms with Crippen LogP contribution in [-0.4, -0.2) is 4.98 Å². The van der Waals surface area contributed by atoms with Crippen LogP contribution in [0.5, 0.6) is 0 Å². The number of nitrogens with zero attached hydrogens (tertiary/aromatic N) is 1. The summed E-state index contributed by atoms with van der Waals surface area (Å²) >= 11 is 0. The molecule has 0 saturated heterocycles. The van der Waals surface area contributed by atoms with Crippen molar-refractivity contribution >= 4 is 12.2 Å². The molecule has 18 heavy (non-hydrogen) atoms. The predicted octanol–water partition coefficient (Wildman–Crippen LogP) is 5.59. The molecule has 0 unspecified atom stereocenters. The molecule has 0 aromatic carbocycles. The van der Waals surface area contributed by atoms with E-state index in [4.69, 9.17) is 0 Å². The Morgan fingerprint density at radius 3 is 2.17 bits per heavy atom. The molecule has 1 nitrogen and oxygen atoms in total. The lowest BCUT2D eigenvalue weighted by molar-refractivity contribution is 0.469. The van der Waals surface area contributed by atoms with Gasteiger partial charge < -0.3 is 0 Å². The summed E-state index contributed by atoms with van der Waals surface area (Å²) in [5.41, 5.74) is 2.78. The topological polar surface area (TPSA) is 12.9 Å². The average Bonchev–Trinajstić information content (AvgIpc) is 2.54. The van der Waals surface area contributed by atoms with Gasteiger partial charge in [-0.25, -0.2) is 0 Å². The molecule has 1 aliphatic carbocycles. The van der Waals surface area contributed by atoms with Gasteiger partial charge in [-0.15, -0.1) is 0 Å². The third kappa shape index (κ3) is 8.74. The van der Waals surface area contributed by atoms with Crippen LogP contribution in [0.4, 0.5) is 0 Å². The van der Waals surface area contributed by atoms with Crippen LogP contribution >= 0.6 is 0 Å². The Morgan fingerprint density at radius 1 is 1.00 bits per heavy atom. The fraction of sp³-hybridized carbons (Fsp3) is 0.471. The van der Waals surface area contributed by atoms with Crippen molar-refractivity contribution < 1.29 is 0 Å². The monoisotopic (exact) mass is 245 g/mol. The summed E-state index contributed by atoms with van der Waals surface area (Å²) in [6.07, 6.45) is 11.3. The summed E-state index contributed by atoms with van der Waals surface area (Å²) in [4.78, 5) is 4.24. The number of pyridine rings is 1. The van der Waals surface area contributed by atoms with E-state index < -0.39 is 0 Å². The summed E-state index contributed by atoms with van der Waals surface area (Å²) in [5, 5.41) is 0. The maximum Gasteiger partial charge on any atom is 0.0698 e. The molecule has 1 aromatic heterocycles. The Hall–Kier alpha value is -1.37. The molecular weight excluding hydrogens is 218 g/mol. The van der Waals surface area contributed by atoms with Crippen molar-refractivity contribution in [3.05, 3.63) is 41.7 Å². The van der Waals surface area contributed by atoms with E-state index in [1.807, 2.05) is 26.1 Å². The third-order valence-electron chi connectivity index (χ3n) is 1.72. The van der Waals surface area contributed by atoms with Crippen LogP contribution in [0, 0.1) is 5.41 Å². The van der Waals surface area contributed by atoms with E-state index in [0.717, 1.165) is 12.1 Å². The van der Waals surface area contributed by atoms with Gasteiger partial charge in [0.2, 0.25) is 0 Å². The second kappa shape index (κ2) is 8.68. The number of allylic oxidation sites excluding steroid dienone is 2. The van der Waals surface area contributed by atoms with Crippen LogP contribution in [-0.2, 0) is 0 Å². The van der Waals surface area contributed by atoms with Crippen molar-refractivity contribution in [1.29, 1.82) is 0 Å². The van der Waals surface area contributed by atoms with Crippen molar-refractivity contribution in [2.24, 2.45) is 5.41 Å². The molecule has 1 aliphatic rings. The van der Waals surface area contributed by atoms with Gasteiger partial charge in [-0.05, 0) is 29.5 Å². The summed E-state index contributed by atoms with van der Waals surface area (Å²) in [6, 6.07) is 4.04. The minimum absolute atomic E-state index is 0.500. The van der Waals surface area contributed by atoms with Crippen molar-refractivity contribution in [3.8, 4) is 0 Å². The average molecular weight is 245 g/mol. The molecule has 0 spiro atoms. The Balaban J connectivity index is 0.000000354. The first kappa shape index (κ1) is 16.6. The van der Waals surface area contributed by atoms with Crippen molar-refractivity contribution in [2.45, 2.75) is 48.0 Å². The summed E-state index contributed by atoms with van der Waals surface area (Å²) in [7, 11) is 0. The molecule has 0 atom stereocenters. The summed E-state index contributed by atoms with van der Waals surface area (Å²) in [6.45, 7) is 12.8. The van der Waals surface area contributed by atoms with Crippen LogP contribution < -0.4 is 0 Å². The number of hydrogen-bond acceptors (Lipinski definition) is 1. The number of rotatable bonds is 0. The molecule has 0 radical (unpaired) electrons. The normalized spacial score (nSPS) is 12.3. The van der Waals surface area contributed by atoms with Gasteiger partial charge in [-0.3, -0.25) is 4.98 Å². The molecule has 1 heteroatoms. The molecule has 1 aromatic rings. The van der Waals surface area contributed by atoms with E-state index in [2.05, 4.69) is 63.0 Å². The lowest BCUT2D eigenvalue weighted by Crippen LogP contribution is -1.93. The molecule has 2 rings (SSSR count). The maximum atomic E-state index is 4.24. The minimum atomic E-state index is 0.500. The van der Waals surface area contributed by atoms with E-state index in [1.54, 1.807) is 0 Å². The molecule has 0 amide bonds. The van der Waals surface area contributed by atoms with Crippen LogP contribution in [0.15, 0.2) is 30.5 Å². The Morgan fingerprint density at radius 2 is 1.56 bits per heavy atom. The zero-order valence-electron chi connectivity index (χ0n) is 12.7. The molecular formula is C17H27N. The van der Waals surface area contributed by atoms with E-state index in [0.29, 0.717) is 5.41 Å². The summed E-state index contributed by atoms with van der Waals surface area (Å²) in [5.74, 6) is 0. The van der Waals surface area contributed by atoms with E-state index in [9.17, 15) is 0 Å². The molecule has 0 N–H and O–H groups in total. The van der Waals surface area contributed by atoms with Gasteiger partial charge in [0.25, 0.3) is 0 Å². The van der Waals surface area contributed by atoms with Crippen molar-refractivity contribution in [1.82, 2.24) is 4.98 Å². The highest BCUT2D eigenvalue weighted by atomic mass is 14.7. The molecule has 0 saturated carbocycles. The van der Waals surface area contributed by atoms with Crippen LogP contribution in [0.25, 0.3) is 12.2 Å². The maximum absolute atomic E-state index is 4.24. The Labute approximate surface area is 113 Å². The number of fused-ring (bicyclic) bond motifs is 1. The molecule has 0 bridgehead atoms. The van der Waals surface area contributed by atoms with Gasteiger partial charge in [-0.2, -0.15) is 0 Å². The van der Waals surface area contributed by atoms with Gasteiger partial charge in [0.05, 0.1) is 5.69 Å². The fourth-order valence-corrected chi connectivity index (χ4v) is 1.16. The van der Waals surface area contributed by atoms with Gasteiger partial charge in [0.1, 0.15) is 0 Å². The first-order valence-electron chi connectivity index (χ1n) is 6.75. The largest absolute Gasteiger partial charge is 0.256 e. The van der Waals surface area contributed by atoms with Gasteiger partial charge >= 0.3 is 0 Å². The van der Waals surface area contributed by atoms with Gasteiger partial charge in [0.15, 0.2) is 0 Å². The third-order valence-corrected chi connectivity index (χ3v) is 1.72. The minimum Gasteiger partial charge on any atom is -0.256 e. The van der Waals surface area contributed by atoms with E-state index >= 15 is 0 Å². The van der Waals surface area contributed by atoms with Crippen molar-refractivity contribution in [2.75, 3.05) is 0 Å². The molecule has 100 valence electrons. The first-order valence-corrected chi connectivity index (χ1v) is 6.75. The second-order valence-corrected chi connectivity index (χ2v) is 5.52. The van der Waals surface area contributed by atoms with E-state index in [-0.39, 0.29) is 0 Å². The molecule has 0 fully saturated rings. The molecule has 1 heterocycles. The van der Waals surface area contributed by atoms with Crippen LogP contribution in [0.2, 0.25) is 0 Å². The molecule has 0 aliphatic heterocycles. The SMILES string of the molecule is C1=Cc2cccnc2C=CC1.CC.CC(C)(C)C. The predicted molar refractivity (Wildman–Crippen MR) is 83.4 cm³/mol. The Kier molecular flexibility index (Phi) is 8.02. The quantitative estimate of drug-likeness (QED) is 0.580. The lowest BCUT2D eigenvalue weighted by Gasteiger charge is -2.05. The van der Waals surface area contributed by atoms with E-state index in [1.165, 1.54) is 5.56 Å². The van der Waals surface area contributed by atoms with Gasteiger partial charge in [-0.1, -0.05) is 65.8 Å². The smallest absolute Gasteiger partial charge is 0.0698 e.